The zero-order valence-electron chi connectivity index (χ0n) is 23.1. The van der Waals surface area contributed by atoms with Gasteiger partial charge in [-0.1, -0.05) is 0 Å². The van der Waals surface area contributed by atoms with Gasteiger partial charge >= 0.3 is 6.55 Å². The summed E-state index contributed by atoms with van der Waals surface area (Å²) in [6, 6.07) is 8.93. The van der Waals surface area contributed by atoms with Crippen molar-refractivity contribution in [3.63, 3.8) is 0 Å². The van der Waals surface area contributed by atoms with Crippen LogP contribution in [0.1, 0.15) is 55.5 Å². The molecule has 0 spiro atoms. The van der Waals surface area contributed by atoms with E-state index >= 15 is 0 Å². The van der Waals surface area contributed by atoms with Gasteiger partial charge in [-0.2, -0.15) is 24.2 Å². The molecule has 1 aliphatic carbocycles. The number of hydrogen-bond acceptors (Lipinski definition) is 9. The fourth-order valence-corrected chi connectivity index (χ4v) is 4.80. The van der Waals surface area contributed by atoms with E-state index in [9.17, 15) is 28.3 Å². The van der Waals surface area contributed by atoms with Crippen LogP contribution in [0.4, 0.5) is 18.9 Å². The van der Waals surface area contributed by atoms with E-state index in [2.05, 4.69) is 31.9 Å². The van der Waals surface area contributed by atoms with Gasteiger partial charge in [0.25, 0.3) is 5.91 Å². The van der Waals surface area contributed by atoms with Crippen molar-refractivity contribution in [1.82, 2.24) is 25.3 Å². The number of hydrogen-bond donors (Lipinski definition) is 5. The predicted molar refractivity (Wildman–Crippen MR) is 151 cm³/mol. The molecule has 0 radical (unpaired) electrons. The van der Waals surface area contributed by atoms with Gasteiger partial charge in [0.05, 0.1) is 57.8 Å². The summed E-state index contributed by atoms with van der Waals surface area (Å²) in [5.74, 6) is -0.743. The van der Waals surface area contributed by atoms with Crippen LogP contribution in [0.3, 0.4) is 0 Å². The first kappa shape index (κ1) is 30.4. The van der Waals surface area contributed by atoms with Crippen molar-refractivity contribution < 1.29 is 23.1 Å². The maximum absolute atomic E-state index is 14.3. The number of rotatable bonds is 11. The Labute approximate surface area is 240 Å². The lowest BCUT2D eigenvalue weighted by Crippen LogP contribution is -2.42. The lowest BCUT2D eigenvalue weighted by atomic mass is 9.83. The van der Waals surface area contributed by atoms with Crippen molar-refractivity contribution >= 4 is 29.0 Å². The quantitative estimate of drug-likeness (QED) is 0.130. The molecule has 1 fully saturated rings. The number of aromatic nitrogens is 3. The maximum Gasteiger partial charge on any atom is 0.327 e. The average Bonchev–Trinajstić information content (AvgIpc) is 3.39. The molecule has 0 aliphatic heterocycles. The van der Waals surface area contributed by atoms with Crippen LogP contribution in [0.2, 0.25) is 0 Å². The number of amides is 1. The molecule has 42 heavy (non-hydrogen) atoms. The van der Waals surface area contributed by atoms with Crippen LogP contribution in [0, 0.1) is 22.7 Å². The Morgan fingerprint density at radius 1 is 1.26 bits per heavy atom. The molecule has 3 aromatic heterocycles. The Morgan fingerprint density at radius 2 is 2.00 bits per heavy atom. The number of halogens is 3. The van der Waals surface area contributed by atoms with Crippen molar-refractivity contribution in [2.24, 2.45) is 11.0 Å². The molecule has 3 aromatic rings. The second-order valence-electron chi connectivity index (χ2n) is 10.7. The zero-order chi connectivity index (χ0) is 30.4. The normalized spacial score (nSPS) is 18.4. The third kappa shape index (κ3) is 7.22. The highest BCUT2D eigenvalue weighted by molar-refractivity contribution is 6.30. The first-order chi connectivity index (χ1) is 20.0. The summed E-state index contributed by atoms with van der Waals surface area (Å²) in [6.07, 6.45) is 4.50. The highest BCUT2D eigenvalue weighted by Crippen LogP contribution is 2.31. The third-order valence-electron chi connectivity index (χ3n) is 7.19. The summed E-state index contributed by atoms with van der Waals surface area (Å²) in [5.41, 5.74) is 3.15. The highest BCUT2D eigenvalue weighted by atomic mass is 19.3. The molecule has 1 atom stereocenters. The van der Waals surface area contributed by atoms with E-state index in [0.717, 1.165) is 6.21 Å². The fourth-order valence-electron chi connectivity index (χ4n) is 4.80. The largest absolute Gasteiger partial charge is 0.387 e. The van der Waals surface area contributed by atoms with Crippen molar-refractivity contribution in [2.45, 2.75) is 63.9 Å². The van der Waals surface area contributed by atoms with Gasteiger partial charge in [0.15, 0.2) is 0 Å². The van der Waals surface area contributed by atoms with Crippen LogP contribution in [-0.2, 0) is 0 Å². The number of nitriles is 1. The van der Waals surface area contributed by atoms with Gasteiger partial charge in [-0.15, -0.1) is 0 Å². The van der Waals surface area contributed by atoms with E-state index in [0.29, 0.717) is 53.8 Å². The Morgan fingerprint density at radius 3 is 2.64 bits per heavy atom. The molecular weight excluding hydrogens is 551 g/mol. The van der Waals surface area contributed by atoms with Crippen LogP contribution in [0.25, 0.3) is 16.9 Å². The SMILES string of the molecule is CC(C)(O)[C@H](F)CNC(=O)c1cnc(-c2ccc3cc(C#N)cnn23)cc1NC1CCC(/C(C=N)=N/NC(F)F)CC1. The molecule has 1 amide bonds. The minimum atomic E-state index is -2.82. The van der Waals surface area contributed by atoms with Crippen LogP contribution in [0.5, 0.6) is 0 Å². The van der Waals surface area contributed by atoms with E-state index in [1.54, 1.807) is 34.2 Å². The number of carbonyl (C=O) groups is 1. The van der Waals surface area contributed by atoms with E-state index < -0.39 is 30.8 Å². The molecule has 1 aliphatic rings. The van der Waals surface area contributed by atoms with Crippen molar-refractivity contribution in [1.29, 1.82) is 10.7 Å². The molecule has 0 bridgehead atoms. The Hall–Kier alpha value is -4.51. The van der Waals surface area contributed by atoms with Crippen LogP contribution < -0.4 is 16.1 Å². The summed E-state index contributed by atoms with van der Waals surface area (Å²) in [5, 5.41) is 40.5. The van der Waals surface area contributed by atoms with Gasteiger partial charge in [-0.05, 0) is 63.8 Å². The highest BCUT2D eigenvalue weighted by Gasteiger charge is 2.29. The molecule has 14 heteroatoms. The molecular formula is C28H32F3N9O2. The molecule has 3 heterocycles. The zero-order valence-corrected chi connectivity index (χ0v) is 23.1. The minimum absolute atomic E-state index is 0.0937. The number of fused-ring (bicyclic) bond motifs is 1. The summed E-state index contributed by atoms with van der Waals surface area (Å²) in [7, 11) is 0. The molecule has 222 valence electrons. The van der Waals surface area contributed by atoms with Crippen molar-refractivity contribution in [3.8, 4) is 17.5 Å². The van der Waals surface area contributed by atoms with Crippen molar-refractivity contribution in [2.75, 3.05) is 11.9 Å². The molecule has 0 saturated heterocycles. The predicted octanol–water partition coefficient (Wildman–Crippen LogP) is 3.90. The first-order valence-corrected chi connectivity index (χ1v) is 13.4. The minimum Gasteiger partial charge on any atom is -0.387 e. The van der Waals surface area contributed by atoms with E-state index in [1.165, 1.54) is 26.2 Å². The van der Waals surface area contributed by atoms with Gasteiger partial charge in [-0.25, -0.2) is 8.91 Å². The Kier molecular flexibility index (Phi) is 9.41. The number of hydrazone groups is 1. The van der Waals surface area contributed by atoms with Crippen LogP contribution in [-0.4, -0.2) is 68.4 Å². The van der Waals surface area contributed by atoms with Gasteiger partial charge < -0.3 is 21.1 Å². The number of pyridine rings is 1. The van der Waals surface area contributed by atoms with E-state index in [-0.39, 0.29) is 23.2 Å². The maximum atomic E-state index is 14.3. The lowest BCUT2D eigenvalue weighted by molar-refractivity contribution is -0.00177. The summed E-state index contributed by atoms with van der Waals surface area (Å²) >= 11 is 0. The number of nitrogens with one attached hydrogen (secondary N) is 4. The number of alkyl halides is 3. The Bertz CT molecular complexity index is 1500. The molecule has 1 saturated carbocycles. The topological polar surface area (TPSA) is 164 Å². The third-order valence-corrected chi connectivity index (χ3v) is 7.19. The van der Waals surface area contributed by atoms with Crippen LogP contribution in [0.15, 0.2) is 41.8 Å². The summed E-state index contributed by atoms with van der Waals surface area (Å²) < 4.78 is 41.0. The summed E-state index contributed by atoms with van der Waals surface area (Å²) in [4.78, 5) is 17.6. The van der Waals surface area contributed by atoms with Gasteiger partial charge in [-0.3, -0.25) is 15.2 Å². The standard InChI is InChI=1S/C28H32F3N9O2/c1-28(2,42)25(29)15-35-26(41)20-14-34-22(24-8-7-19-9-16(11-32)13-36-40(19)24)10-21(20)37-18-5-3-17(4-6-18)23(12-33)38-39-27(30)31/h7-10,12-14,17-18,25,27,33,39,42H,3-6,15H2,1-2H3,(H,34,37)(H,35,41)/b33-12?,38-23+/t17?,18?,25-/m1/s1. The Balaban J connectivity index is 1.59. The first-order valence-electron chi connectivity index (χ1n) is 13.4. The van der Waals surface area contributed by atoms with Crippen LogP contribution >= 0.6 is 0 Å². The number of nitrogens with zero attached hydrogens (tertiary/aromatic N) is 5. The smallest absolute Gasteiger partial charge is 0.327 e. The molecule has 0 aromatic carbocycles. The van der Waals surface area contributed by atoms with E-state index in [4.69, 9.17) is 5.41 Å². The number of anilines is 1. The average molecular weight is 584 g/mol. The second-order valence-corrected chi connectivity index (χ2v) is 10.7. The molecule has 4 rings (SSSR count). The van der Waals surface area contributed by atoms with Gasteiger partial charge in [0.1, 0.15) is 12.2 Å². The monoisotopic (exact) mass is 583 g/mol. The number of aliphatic hydroxyl groups is 1. The second kappa shape index (κ2) is 13.0. The van der Waals surface area contributed by atoms with Crippen molar-refractivity contribution in [3.05, 3.63) is 47.8 Å². The molecule has 0 unspecified atom stereocenters. The van der Waals surface area contributed by atoms with Gasteiger partial charge in [0, 0.05) is 24.4 Å². The number of carbonyl (C=O) groups excluding carboxylic acids is 1. The van der Waals surface area contributed by atoms with E-state index in [1.807, 2.05) is 0 Å². The van der Waals surface area contributed by atoms with Gasteiger partial charge in [0.2, 0.25) is 0 Å². The fraction of sp³-hybridized carbons (Fsp3) is 0.429. The molecule has 11 nitrogen and oxygen atoms in total. The summed E-state index contributed by atoms with van der Waals surface area (Å²) in [6.45, 7) is -0.587. The lowest BCUT2D eigenvalue weighted by Gasteiger charge is -2.30. The molecule has 5 N–H and O–H groups in total.